The molecule has 7 heteroatoms. The molecule has 142 valence electrons. The van der Waals surface area contributed by atoms with Crippen LogP contribution in [-0.4, -0.2) is 46.1 Å². The van der Waals surface area contributed by atoms with E-state index in [2.05, 4.69) is 26.4 Å². The molecule has 1 fully saturated rings. The fraction of sp³-hybridized carbons (Fsp3) is 0.650. The lowest BCUT2D eigenvalue weighted by Gasteiger charge is -2.32. The highest BCUT2D eigenvalue weighted by atomic mass is 16.2. The number of nitrogens with zero attached hydrogens (tertiary/aromatic N) is 5. The predicted molar refractivity (Wildman–Crippen MR) is 101 cm³/mol. The van der Waals surface area contributed by atoms with E-state index in [0.717, 1.165) is 57.7 Å². The van der Waals surface area contributed by atoms with Crippen LogP contribution < -0.4 is 5.32 Å². The van der Waals surface area contributed by atoms with Gasteiger partial charge in [-0.1, -0.05) is 0 Å². The van der Waals surface area contributed by atoms with Crippen molar-refractivity contribution in [1.82, 2.24) is 20.2 Å². The summed E-state index contributed by atoms with van der Waals surface area (Å²) in [6.07, 6.45) is 12.7. The van der Waals surface area contributed by atoms with Gasteiger partial charge in [0.25, 0.3) is 0 Å². The van der Waals surface area contributed by atoms with E-state index in [-0.39, 0.29) is 11.6 Å². The number of fused-ring (bicyclic) bond motifs is 1. The van der Waals surface area contributed by atoms with Crippen LogP contribution in [0.3, 0.4) is 0 Å². The Labute approximate surface area is 160 Å². The van der Waals surface area contributed by atoms with E-state index >= 15 is 0 Å². The molecule has 0 unspecified atom stereocenters. The van der Waals surface area contributed by atoms with E-state index in [1.54, 1.807) is 0 Å². The van der Waals surface area contributed by atoms with Gasteiger partial charge in [0.2, 0.25) is 5.91 Å². The molecule has 3 aliphatic rings. The van der Waals surface area contributed by atoms with Crippen molar-refractivity contribution in [1.29, 1.82) is 0 Å². The highest BCUT2D eigenvalue weighted by molar-refractivity contribution is 5.76. The molecule has 0 aliphatic carbocycles. The van der Waals surface area contributed by atoms with Gasteiger partial charge in [0.15, 0.2) is 5.66 Å². The number of piperidine rings is 1. The van der Waals surface area contributed by atoms with Gasteiger partial charge in [-0.2, -0.15) is 10.2 Å². The third kappa shape index (κ3) is 4.16. The summed E-state index contributed by atoms with van der Waals surface area (Å²) in [5, 5.41) is 11.6. The summed E-state index contributed by atoms with van der Waals surface area (Å²) in [5.41, 5.74) is 2.03. The number of aromatic nitrogens is 2. The van der Waals surface area contributed by atoms with E-state index in [1.165, 1.54) is 11.3 Å². The largest absolute Gasteiger partial charge is 0.343 e. The fourth-order valence-electron chi connectivity index (χ4n) is 3.97. The number of likely N-dealkylation sites (tertiary alicyclic amines) is 1. The Hall–Kier alpha value is -2.33. The molecule has 0 atom stereocenters. The van der Waals surface area contributed by atoms with Crippen molar-refractivity contribution in [2.45, 2.75) is 63.1 Å². The number of carbonyl (C=O) groups excluding carboxylic acids is 1. The summed E-state index contributed by atoms with van der Waals surface area (Å²) < 4.78 is 0. The molecule has 1 saturated heterocycles. The van der Waals surface area contributed by atoms with Crippen molar-refractivity contribution >= 4 is 5.91 Å². The molecule has 4 heterocycles. The lowest BCUT2D eigenvalue weighted by Crippen LogP contribution is -2.38. The molecule has 0 saturated carbocycles. The van der Waals surface area contributed by atoms with Crippen molar-refractivity contribution < 1.29 is 4.79 Å². The van der Waals surface area contributed by atoms with Crippen molar-refractivity contribution in [2.24, 2.45) is 10.2 Å². The number of carbonyl (C=O) groups is 1. The average molecular weight is 366 g/mol. The molecular weight excluding hydrogens is 340 g/mol. The lowest BCUT2D eigenvalue weighted by molar-refractivity contribution is -0.132. The normalized spacial score (nSPS) is 20.8. The number of terminal acetylenes is 1. The van der Waals surface area contributed by atoms with E-state index in [0.29, 0.717) is 25.2 Å². The second-order valence-corrected chi connectivity index (χ2v) is 7.67. The van der Waals surface area contributed by atoms with Crippen LogP contribution in [0, 0.1) is 12.3 Å². The van der Waals surface area contributed by atoms with E-state index in [4.69, 9.17) is 11.4 Å². The van der Waals surface area contributed by atoms with Gasteiger partial charge in [-0.05, 0) is 12.8 Å². The summed E-state index contributed by atoms with van der Waals surface area (Å²) in [4.78, 5) is 23.9. The average Bonchev–Trinajstić information content (AvgIpc) is 3.50. The monoisotopic (exact) mass is 366 g/mol. The van der Waals surface area contributed by atoms with Gasteiger partial charge >= 0.3 is 0 Å². The number of hydrogen-bond donors (Lipinski definition) is 1. The molecular formula is C20H26N6O. The smallest absolute Gasteiger partial charge is 0.222 e. The van der Waals surface area contributed by atoms with Gasteiger partial charge in [0.1, 0.15) is 5.82 Å². The summed E-state index contributed by atoms with van der Waals surface area (Å²) in [7, 11) is 0. The summed E-state index contributed by atoms with van der Waals surface area (Å²) in [5.74, 6) is 4.12. The molecule has 0 spiro atoms. The molecule has 4 rings (SSSR count). The minimum Gasteiger partial charge on any atom is -0.343 e. The Morgan fingerprint density at radius 1 is 1.33 bits per heavy atom. The first kappa shape index (κ1) is 18.1. The molecule has 1 amide bonds. The standard InChI is InChI=1S/C20H26N6O/c1-2-3-8-20(24-25-20)9-4-18(27)26-11-6-15(7-12-26)19-22-14-16-13-21-10-5-17(16)23-19/h1,14-15,21H,3-13H2. The molecule has 1 aromatic heterocycles. The quantitative estimate of drug-likeness (QED) is 0.782. The Morgan fingerprint density at radius 3 is 2.89 bits per heavy atom. The summed E-state index contributed by atoms with van der Waals surface area (Å²) >= 11 is 0. The first-order valence-electron chi connectivity index (χ1n) is 9.90. The van der Waals surface area contributed by atoms with Crippen molar-refractivity contribution in [3.63, 3.8) is 0 Å². The number of hydrogen-bond acceptors (Lipinski definition) is 6. The minimum absolute atomic E-state index is 0.197. The van der Waals surface area contributed by atoms with Crippen LogP contribution >= 0.6 is 0 Å². The molecule has 0 aromatic carbocycles. The zero-order valence-corrected chi connectivity index (χ0v) is 15.7. The van der Waals surface area contributed by atoms with Crippen LogP contribution in [0.5, 0.6) is 0 Å². The second kappa shape index (κ2) is 7.73. The fourth-order valence-corrected chi connectivity index (χ4v) is 3.97. The van der Waals surface area contributed by atoms with Gasteiger partial charge in [0.05, 0.1) is 0 Å². The maximum Gasteiger partial charge on any atom is 0.222 e. The highest BCUT2D eigenvalue weighted by Gasteiger charge is 2.39. The first-order valence-corrected chi connectivity index (χ1v) is 9.90. The molecule has 27 heavy (non-hydrogen) atoms. The van der Waals surface area contributed by atoms with Crippen molar-refractivity contribution in [2.75, 3.05) is 19.6 Å². The summed E-state index contributed by atoms with van der Waals surface area (Å²) in [6, 6.07) is 0. The van der Waals surface area contributed by atoms with Crippen LogP contribution in [0.25, 0.3) is 0 Å². The Bertz CT molecular complexity index is 769. The Kier molecular flexibility index (Phi) is 5.17. The van der Waals surface area contributed by atoms with Crippen LogP contribution in [0.1, 0.15) is 61.5 Å². The molecule has 1 aromatic rings. The van der Waals surface area contributed by atoms with Crippen molar-refractivity contribution in [3.05, 3.63) is 23.3 Å². The van der Waals surface area contributed by atoms with Gasteiger partial charge in [0, 0.05) is 81.7 Å². The second-order valence-electron chi connectivity index (χ2n) is 7.67. The van der Waals surface area contributed by atoms with E-state index < -0.39 is 0 Å². The van der Waals surface area contributed by atoms with Gasteiger partial charge in [-0.25, -0.2) is 9.97 Å². The Balaban J connectivity index is 1.26. The van der Waals surface area contributed by atoms with Gasteiger partial charge in [-0.3, -0.25) is 4.79 Å². The van der Waals surface area contributed by atoms with Crippen molar-refractivity contribution in [3.8, 4) is 12.3 Å². The number of nitrogens with one attached hydrogen (secondary N) is 1. The zero-order valence-electron chi connectivity index (χ0n) is 15.7. The van der Waals surface area contributed by atoms with Crippen LogP contribution in [0.15, 0.2) is 16.4 Å². The summed E-state index contributed by atoms with van der Waals surface area (Å²) in [6.45, 7) is 3.40. The zero-order chi connectivity index (χ0) is 18.7. The SMILES string of the molecule is C#CCCC1(CCC(=O)N2CCC(c3ncc4c(n3)CCNC4)CC2)N=N1. The van der Waals surface area contributed by atoms with E-state index in [9.17, 15) is 4.79 Å². The highest BCUT2D eigenvalue weighted by Crippen LogP contribution is 2.38. The van der Waals surface area contributed by atoms with Crippen LogP contribution in [0.4, 0.5) is 0 Å². The lowest BCUT2D eigenvalue weighted by atomic mass is 9.94. The topological polar surface area (TPSA) is 82.8 Å². The van der Waals surface area contributed by atoms with Gasteiger partial charge < -0.3 is 10.2 Å². The van der Waals surface area contributed by atoms with Crippen LogP contribution in [0.2, 0.25) is 0 Å². The number of rotatable bonds is 6. The predicted octanol–water partition coefficient (Wildman–Crippen LogP) is 2.18. The van der Waals surface area contributed by atoms with E-state index in [1.807, 2.05) is 11.1 Å². The molecule has 7 nitrogen and oxygen atoms in total. The molecule has 1 N–H and O–H groups in total. The molecule has 0 radical (unpaired) electrons. The maximum atomic E-state index is 12.5. The third-order valence-electron chi connectivity index (χ3n) is 5.83. The first-order chi connectivity index (χ1) is 13.2. The number of amides is 1. The van der Waals surface area contributed by atoms with Crippen LogP contribution in [-0.2, 0) is 17.8 Å². The third-order valence-corrected chi connectivity index (χ3v) is 5.83. The molecule has 3 aliphatic heterocycles. The van der Waals surface area contributed by atoms with Gasteiger partial charge in [-0.15, -0.1) is 12.3 Å². The Morgan fingerprint density at radius 2 is 2.15 bits per heavy atom. The molecule has 0 bridgehead atoms. The minimum atomic E-state index is -0.369. The maximum absolute atomic E-state index is 12.5.